The van der Waals surface area contributed by atoms with Gasteiger partial charge in [0.25, 0.3) is 0 Å². The highest BCUT2D eigenvalue weighted by molar-refractivity contribution is 7.89. The summed E-state index contributed by atoms with van der Waals surface area (Å²) < 4.78 is 32.4. The molecule has 1 aromatic heterocycles. The fourth-order valence-corrected chi connectivity index (χ4v) is 4.46. The molecule has 0 aliphatic carbocycles. The maximum atomic E-state index is 12.9. The first-order chi connectivity index (χ1) is 12.7. The van der Waals surface area contributed by atoms with E-state index in [-0.39, 0.29) is 12.0 Å². The number of nitrogens with zero attached hydrogens (tertiary/aromatic N) is 4. The molecule has 8 nitrogen and oxygen atoms in total. The van der Waals surface area contributed by atoms with Crippen LogP contribution in [0.5, 0.6) is 0 Å². The number of hydrogen-bond acceptors (Lipinski definition) is 7. The summed E-state index contributed by atoms with van der Waals surface area (Å²) in [5.74, 6) is 0.981. The van der Waals surface area contributed by atoms with E-state index >= 15 is 0 Å². The van der Waals surface area contributed by atoms with Crippen LogP contribution in [0.1, 0.15) is 38.0 Å². The fourth-order valence-electron chi connectivity index (χ4n) is 3.04. The van der Waals surface area contributed by atoms with Crippen LogP contribution >= 0.6 is 0 Å². The lowest BCUT2D eigenvalue weighted by molar-refractivity contribution is 0.176. The van der Waals surface area contributed by atoms with Gasteiger partial charge in [0.1, 0.15) is 0 Å². The molecule has 2 heterocycles. The van der Waals surface area contributed by atoms with Crippen molar-refractivity contribution in [2.75, 3.05) is 26.2 Å². The molecule has 1 fully saturated rings. The Morgan fingerprint density at radius 3 is 2.26 bits per heavy atom. The maximum Gasteiger partial charge on any atom is 0.243 e. The second kappa shape index (κ2) is 7.67. The Bertz CT molecular complexity index is 863. The van der Waals surface area contributed by atoms with Gasteiger partial charge in [0.15, 0.2) is 5.82 Å². The number of sulfonamides is 1. The van der Waals surface area contributed by atoms with Gasteiger partial charge in [-0.15, -0.1) is 0 Å². The highest BCUT2D eigenvalue weighted by atomic mass is 32.2. The van der Waals surface area contributed by atoms with Crippen LogP contribution < -0.4 is 5.73 Å². The van der Waals surface area contributed by atoms with Crippen LogP contribution in [0, 0.1) is 0 Å². The molecule has 0 radical (unpaired) electrons. The summed E-state index contributed by atoms with van der Waals surface area (Å²) in [7, 11) is -3.48. The molecule has 1 aliphatic heterocycles. The minimum Gasteiger partial charge on any atom is -0.338 e. The summed E-state index contributed by atoms with van der Waals surface area (Å²) in [6, 6.07) is 7.20. The fraction of sp³-hybridized carbons (Fsp3) is 0.556. The molecule has 1 aromatic carbocycles. The standard InChI is InChI=1S/C18H27N5O3S/c1-18(2,3)14-4-6-15(7-5-14)27(24,25)23-10-8-22(9-11-23)13-16-20-17(12-19)26-21-16/h4-7H,8-13,19H2,1-3H3. The van der Waals surface area contributed by atoms with E-state index in [0.717, 1.165) is 5.56 Å². The van der Waals surface area contributed by atoms with Crippen LogP contribution in [0.3, 0.4) is 0 Å². The van der Waals surface area contributed by atoms with E-state index in [1.54, 1.807) is 12.1 Å². The SMILES string of the molecule is CC(C)(C)c1ccc(S(=O)(=O)N2CCN(Cc3noc(CN)n3)CC2)cc1. The average Bonchev–Trinajstić information content (AvgIpc) is 3.09. The number of nitrogens with two attached hydrogens (primary N) is 1. The molecule has 27 heavy (non-hydrogen) atoms. The molecule has 9 heteroatoms. The van der Waals surface area contributed by atoms with Crippen molar-refractivity contribution in [3.8, 4) is 0 Å². The van der Waals surface area contributed by atoms with E-state index in [1.165, 1.54) is 4.31 Å². The molecule has 0 saturated carbocycles. The molecule has 0 atom stereocenters. The first-order valence-electron chi connectivity index (χ1n) is 9.05. The molecule has 1 saturated heterocycles. The molecule has 1 aliphatic rings. The Morgan fingerprint density at radius 2 is 1.74 bits per heavy atom. The van der Waals surface area contributed by atoms with E-state index in [9.17, 15) is 8.42 Å². The largest absolute Gasteiger partial charge is 0.338 e. The summed E-state index contributed by atoms with van der Waals surface area (Å²) in [5.41, 5.74) is 6.57. The monoisotopic (exact) mass is 393 g/mol. The van der Waals surface area contributed by atoms with Crippen molar-refractivity contribution in [1.82, 2.24) is 19.3 Å². The van der Waals surface area contributed by atoms with Crippen molar-refractivity contribution >= 4 is 10.0 Å². The van der Waals surface area contributed by atoms with Crippen molar-refractivity contribution in [2.45, 2.75) is 44.2 Å². The van der Waals surface area contributed by atoms with E-state index in [4.69, 9.17) is 10.3 Å². The van der Waals surface area contributed by atoms with Gasteiger partial charge in [-0.1, -0.05) is 38.1 Å². The lowest BCUT2D eigenvalue weighted by atomic mass is 9.87. The van der Waals surface area contributed by atoms with Gasteiger partial charge in [0, 0.05) is 26.2 Å². The van der Waals surface area contributed by atoms with Crippen molar-refractivity contribution in [3.63, 3.8) is 0 Å². The normalized spacial score (nSPS) is 17.3. The summed E-state index contributed by atoms with van der Waals surface area (Å²) in [6.07, 6.45) is 0. The quantitative estimate of drug-likeness (QED) is 0.817. The lowest BCUT2D eigenvalue weighted by Gasteiger charge is -2.33. The number of benzene rings is 1. The second-order valence-electron chi connectivity index (χ2n) is 7.76. The van der Waals surface area contributed by atoms with E-state index in [2.05, 4.69) is 35.8 Å². The van der Waals surface area contributed by atoms with E-state index < -0.39 is 10.0 Å². The zero-order valence-corrected chi connectivity index (χ0v) is 16.9. The molecule has 0 unspecified atom stereocenters. The minimum absolute atomic E-state index is 0.00710. The Kier molecular flexibility index (Phi) is 5.66. The van der Waals surface area contributed by atoms with Gasteiger partial charge in [-0.25, -0.2) is 8.42 Å². The minimum atomic E-state index is -3.48. The summed E-state index contributed by atoms with van der Waals surface area (Å²) in [6.45, 7) is 9.17. The van der Waals surface area contributed by atoms with Crippen molar-refractivity contribution in [1.29, 1.82) is 0 Å². The number of piperazine rings is 1. The third kappa shape index (κ3) is 4.55. The highest BCUT2D eigenvalue weighted by Crippen LogP contribution is 2.25. The molecule has 3 rings (SSSR count). The zero-order valence-electron chi connectivity index (χ0n) is 16.1. The van der Waals surface area contributed by atoms with Crippen molar-refractivity contribution in [3.05, 3.63) is 41.5 Å². The van der Waals surface area contributed by atoms with Crippen LogP contribution in [0.25, 0.3) is 0 Å². The Morgan fingerprint density at radius 1 is 1.11 bits per heavy atom. The average molecular weight is 394 g/mol. The van der Waals surface area contributed by atoms with Crippen molar-refractivity contribution in [2.24, 2.45) is 5.73 Å². The molecule has 0 amide bonds. The third-order valence-corrected chi connectivity index (χ3v) is 6.65. The predicted molar refractivity (Wildman–Crippen MR) is 101 cm³/mol. The lowest BCUT2D eigenvalue weighted by Crippen LogP contribution is -2.48. The van der Waals surface area contributed by atoms with Crippen LogP contribution in [0.15, 0.2) is 33.7 Å². The Balaban J connectivity index is 1.62. The molecule has 148 valence electrons. The Hall–Kier alpha value is -1.81. The Labute approximate surface area is 160 Å². The topological polar surface area (TPSA) is 106 Å². The molecular formula is C18H27N5O3S. The molecular weight excluding hydrogens is 366 g/mol. The van der Waals surface area contributed by atoms with Gasteiger partial charge < -0.3 is 10.3 Å². The second-order valence-corrected chi connectivity index (χ2v) is 9.70. The smallest absolute Gasteiger partial charge is 0.243 e. The molecule has 2 aromatic rings. The number of hydrogen-bond donors (Lipinski definition) is 1. The van der Waals surface area contributed by atoms with Crippen LogP contribution in [-0.2, 0) is 28.5 Å². The van der Waals surface area contributed by atoms with Gasteiger partial charge >= 0.3 is 0 Å². The molecule has 0 bridgehead atoms. The summed E-state index contributed by atoms with van der Waals surface area (Å²) >= 11 is 0. The van der Waals surface area contributed by atoms with Gasteiger partial charge in [0.05, 0.1) is 18.0 Å². The van der Waals surface area contributed by atoms with Crippen LogP contribution in [0.2, 0.25) is 0 Å². The summed E-state index contributed by atoms with van der Waals surface area (Å²) in [5, 5.41) is 3.88. The van der Waals surface area contributed by atoms with E-state index in [1.807, 2.05) is 12.1 Å². The van der Waals surface area contributed by atoms with Crippen LogP contribution in [0.4, 0.5) is 0 Å². The van der Waals surface area contributed by atoms with Gasteiger partial charge in [-0.05, 0) is 23.1 Å². The number of rotatable bonds is 5. The first kappa shape index (κ1) is 19.9. The number of aromatic nitrogens is 2. The maximum absolute atomic E-state index is 12.9. The van der Waals surface area contributed by atoms with Gasteiger partial charge in [0.2, 0.25) is 15.9 Å². The first-order valence-corrected chi connectivity index (χ1v) is 10.5. The molecule has 0 spiro atoms. The van der Waals surface area contributed by atoms with Gasteiger partial charge in [-0.2, -0.15) is 9.29 Å². The van der Waals surface area contributed by atoms with Crippen molar-refractivity contribution < 1.29 is 12.9 Å². The molecule has 2 N–H and O–H groups in total. The zero-order chi connectivity index (χ0) is 19.7. The third-order valence-electron chi connectivity index (χ3n) is 4.74. The van der Waals surface area contributed by atoms with Gasteiger partial charge in [-0.3, -0.25) is 4.90 Å². The van der Waals surface area contributed by atoms with Crippen LogP contribution in [-0.4, -0.2) is 53.9 Å². The highest BCUT2D eigenvalue weighted by Gasteiger charge is 2.29. The van der Waals surface area contributed by atoms with E-state index in [0.29, 0.717) is 49.3 Å². The summed E-state index contributed by atoms with van der Waals surface area (Å²) in [4.78, 5) is 6.64. The predicted octanol–water partition coefficient (Wildman–Crippen LogP) is 1.33.